The lowest BCUT2D eigenvalue weighted by Gasteiger charge is -2.28. The summed E-state index contributed by atoms with van der Waals surface area (Å²) in [7, 11) is 3.47. The molecule has 9 heteroatoms. The molecule has 0 bridgehead atoms. The van der Waals surface area contributed by atoms with Gasteiger partial charge in [0, 0.05) is 52.5 Å². The number of hydrogen-bond acceptors (Lipinski definition) is 6. The van der Waals surface area contributed by atoms with Crippen LogP contribution < -0.4 is 15.5 Å². The Labute approximate surface area is 178 Å². The average Bonchev–Trinajstić information content (AvgIpc) is 3.19. The van der Waals surface area contributed by atoms with Crippen molar-refractivity contribution in [2.75, 3.05) is 32.1 Å². The Morgan fingerprint density at radius 1 is 1.30 bits per heavy atom. The maximum absolute atomic E-state index is 5.14. The molecule has 1 unspecified atom stereocenters. The highest BCUT2D eigenvalue weighted by molar-refractivity contribution is 5.80. The van der Waals surface area contributed by atoms with Gasteiger partial charge in [0.2, 0.25) is 0 Å². The van der Waals surface area contributed by atoms with E-state index in [-0.39, 0.29) is 6.04 Å². The number of guanidine groups is 1. The molecule has 162 valence electrons. The van der Waals surface area contributed by atoms with E-state index in [0.29, 0.717) is 13.2 Å². The van der Waals surface area contributed by atoms with E-state index in [2.05, 4.69) is 47.7 Å². The van der Waals surface area contributed by atoms with Gasteiger partial charge < -0.3 is 20.3 Å². The number of aromatic nitrogens is 4. The summed E-state index contributed by atoms with van der Waals surface area (Å²) in [6, 6.07) is 4.51. The number of pyridine rings is 1. The summed E-state index contributed by atoms with van der Waals surface area (Å²) >= 11 is 0. The van der Waals surface area contributed by atoms with Crippen LogP contribution in [0.5, 0.6) is 0 Å². The van der Waals surface area contributed by atoms with Crippen molar-refractivity contribution >= 4 is 11.8 Å². The van der Waals surface area contributed by atoms with Crippen LogP contribution in [0.25, 0.3) is 0 Å². The second kappa shape index (κ2) is 9.88. The molecule has 0 saturated carbocycles. The zero-order valence-corrected chi connectivity index (χ0v) is 18.0. The molecule has 0 aromatic carbocycles. The van der Waals surface area contributed by atoms with E-state index in [1.165, 1.54) is 24.8 Å². The number of rotatable bonds is 6. The predicted octanol–water partition coefficient (Wildman–Crippen LogP) is 1.49. The van der Waals surface area contributed by atoms with Crippen LogP contribution in [0.1, 0.15) is 42.9 Å². The molecular weight excluding hydrogens is 380 g/mol. The molecule has 2 N–H and O–H groups in total. The van der Waals surface area contributed by atoms with Gasteiger partial charge in [-0.1, -0.05) is 0 Å². The molecule has 1 saturated heterocycles. The number of aryl methyl sites for hydroxylation is 1. The van der Waals surface area contributed by atoms with E-state index < -0.39 is 0 Å². The molecule has 2 aromatic heterocycles. The van der Waals surface area contributed by atoms with Crippen molar-refractivity contribution in [2.45, 2.75) is 57.8 Å². The van der Waals surface area contributed by atoms with Crippen molar-refractivity contribution in [3.05, 3.63) is 35.5 Å². The van der Waals surface area contributed by atoms with Gasteiger partial charge >= 0.3 is 0 Å². The minimum Gasteiger partial charge on any atom is -0.377 e. The number of aliphatic imine (C=N–C) groups is 1. The fraction of sp³-hybridized carbons (Fsp3) is 0.619. The van der Waals surface area contributed by atoms with Gasteiger partial charge in [-0.3, -0.25) is 4.99 Å². The first-order chi connectivity index (χ1) is 14.7. The van der Waals surface area contributed by atoms with Gasteiger partial charge in [0.05, 0.1) is 6.54 Å². The second-order valence-corrected chi connectivity index (χ2v) is 7.94. The van der Waals surface area contributed by atoms with Crippen molar-refractivity contribution in [2.24, 2.45) is 4.99 Å². The zero-order chi connectivity index (χ0) is 20.8. The molecule has 0 radical (unpaired) electrons. The van der Waals surface area contributed by atoms with E-state index in [0.717, 1.165) is 55.9 Å². The number of anilines is 1. The number of nitrogens with one attached hydrogen (secondary N) is 2. The average molecular weight is 413 g/mol. The highest BCUT2D eigenvalue weighted by Gasteiger charge is 2.22. The van der Waals surface area contributed by atoms with Crippen molar-refractivity contribution in [3.63, 3.8) is 0 Å². The van der Waals surface area contributed by atoms with Crippen molar-refractivity contribution in [1.82, 2.24) is 30.4 Å². The van der Waals surface area contributed by atoms with Gasteiger partial charge in [-0.15, -0.1) is 0 Å². The van der Waals surface area contributed by atoms with E-state index >= 15 is 0 Å². The van der Waals surface area contributed by atoms with Crippen LogP contribution in [-0.2, 0) is 30.9 Å². The topological polar surface area (TPSA) is 92.5 Å². The van der Waals surface area contributed by atoms with Crippen LogP contribution in [0.3, 0.4) is 0 Å². The van der Waals surface area contributed by atoms with Crippen LogP contribution >= 0.6 is 0 Å². The minimum absolute atomic E-state index is 0.266. The summed E-state index contributed by atoms with van der Waals surface area (Å²) < 4.78 is 7.13. The number of hydrogen-bond donors (Lipinski definition) is 2. The highest BCUT2D eigenvalue weighted by Crippen LogP contribution is 2.18. The zero-order valence-electron chi connectivity index (χ0n) is 18.0. The lowest BCUT2D eigenvalue weighted by atomic mass is 10.1. The molecule has 0 amide bonds. The summed E-state index contributed by atoms with van der Waals surface area (Å²) in [5, 5.41) is 11.5. The maximum atomic E-state index is 5.14. The summed E-state index contributed by atoms with van der Waals surface area (Å²) in [6.07, 6.45) is 7.63. The Kier molecular flexibility index (Phi) is 6.78. The van der Waals surface area contributed by atoms with Gasteiger partial charge in [0.1, 0.15) is 18.2 Å². The molecule has 4 rings (SSSR count). The predicted molar refractivity (Wildman–Crippen MR) is 116 cm³/mol. The summed E-state index contributed by atoms with van der Waals surface area (Å²) in [5.41, 5.74) is 1.21. The number of ether oxygens (including phenoxy) is 1. The minimum atomic E-state index is 0.266. The van der Waals surface area contributed by atoms with E-state index in [1.54, 1.807) is 7.11 Å². The number of fused-ring (bicyclic) bond motifs is 1. The fourth-order valence-electron chi connectivity index (χ4n) is 4.11. The van der Waals surface area contributed by atoms with E-state index in [9.17, 15) is 0 Å². The third-order valence-electron chi connectivity index (χ3n) is 5.69. The molecule has 9 nitrogen and oxygen atoms in total. The standard InChI is InChI=1S/C21H32N8O/c1-22-21(25-17-6-7-19-26-18(15-30-2)27-29(19)14-17)24-13-16-8-9-23-20(12-16)28-10-4-3-5-11-28/h8-9,12,17H,3-7,10-11,13-15H2,1-2H3,(H2,22,24,25). The summed E-state index contributed by atoms with van der Waals surface area (Å²) in [6.45, 7) is 4.15. The second-order valence-electron chi connectivity index (χ2n) is 7.94. The first kappa shape index (κ1) is 20.6. The highest BCUT2D eigenvalue weighted by atomic mass is 16.5. The Bertz CT molecular complexity index is 858. The van der Waals surface area contributed by atoms with Crippen LogP contribution in [0.4, 0.5) is 5.82 Å². The molecule has 1 fully saturated rings. The van der Waals surface area contributed by atoms with Gasteiger partial charge in [-0.25, -0.2) is 14.6 Å². The van der Waals surface area contributed by atoms with Crippen LogP contribution in [0, 0.1) is 0 Å². The summed E-state index contributed by atoms with van der Waals surface area (Å²) in [4.78, 5) is 15.9. The van der Waals surface area contributed by atoms with Crippen LogP contribution in [0.15, 0.2) is 23.3 Å². The monoisotopic (exact) mass is 412 g/mol. The third kappa shape index (κ3) is 5.08. The normalized spacial score (nSPS) is 19.5. The quantitative estimate of drug-likeness (QED) is 0.548. The molecule has 2 aliphatic heterocycles. The number of methoxy groups -OCH3 is 1. The van der Waals surface area contributed by atoms with Crippen LogP contribution in [-0.4, -0.2) is 59.0 Å². The van der Waals surface area contributed by atoms with E-state index in [4.69, 9.17) is 4.74 Å². The first-order valence-corrected chi connectivity index (χ1v) is 10.8. The molecule has 2 aromatic rings. The maximum Gasteiger partial charge on any atom is 0.191 e. The van der Waals surface area contributed by atoms with Crippen molar-refractivity contribution in [1.29, 1.82) is 0 Å². The first-order valence-electron chi connectivity index (χ1n) is 10.8. The largest absolute Gasteiger partial charge is 0.377 e. The molecule has 1 atom stereocenters. The van der Waals surface area contributed by atoms with Crippen molar-refractivity contribution < 1.29 is 4.74 Å². The fourth-order valence-corrected chi connectivity index (χ4v) is 4.11. The smallest absolute Gasteiger partial charge is 0.191 e. The van der Waals surface area contributed by atoms with Gasteiger partial charge in [-0.2, -0.15) is 5.10 Å². The Morgan fingerprint density at radius 3 is 2.97 bits per heavy atom. The molecule has 4 heterocycles. The Morgan fingerprint density at radius 2 is 2.17 bits per heavy atom. The molecular formula is C21H32N8O. The van der Waals surface area contributed by atoms with Gasteiger partial charge in [0.25, 0.3) is 0 Å². The number of nitrogens with zero attached hydrogens (tertiary/aromatic N) is 6. The van der Waals surface area contributed by atoms with Gasteiger partial charge in [-0.05, 0) is 43.4 Å². The SMILES string of the molecule is CN=C(NCc1ccnc(N2CCCCC2)c1)NC1CCc2nc(COC)nn2C1. The lowest BCUT2D eigenvalue weighted by molar-refractivity contribution is 0.177. The molecule has 30 heavy (non-hydrogen) atoms. The third-order valence-corrected chi connectivity index (χ3v) is 5.69. The summed E-state index contributed by atoms with van der Waals surface area (Å²) in [5.74, 6) is 3.66. The van der Waals surface area contributed by atoms with E-state index in [1.807, 2.05) is 17.9 Å². The molecule has 2 aliphatic rings. The number of piperidine rings is 1. The Hall–Kier alpha value is -2.68. The van der Waals surface area contributed by atoms with Gasteiger partial charge in [0.15, 0.2) is 11.8 Å². The Balaban J connectivity index is 1.31. The molecule has 0 spiro atoms. The molecule has 0 aliphatic carbocycles. The lowest BCUT2D eigenvalue weighted by Crippen LogP contribution is -2.46. The van der Waals surface area contributed by atoms with Crippen LogP contribution in [0.2, 0.25) is 0 Å². The van der Waals surface area contributed by atoms with Crippen molar-refractivity contribution in [3.8, 4) is 0 Å².